The largest absolute Gasteiger partial charge is 0.508 e. The number of hydrogen-bond donors (Lipinski definition) is 3. The summed E-state index contributed by atoms with van der Waals surface area (Å²) in [5.41, 5.74) is 7.13. The Morgan fingerprint density at radius 1 is 1.12 bits per heavy atom. The van der Waals surface area contributed by atoms with Crippen LogP contribution in [0.4, 0.5) is 5.95 Å². The zero-order chi connectivity index (χ0) is 16.5. The summed E-state index contributed by atoms with van der Waals surface area (Å²) in [6, 6.07) is 12.8. The SMILES string of the molecule is Cc1ccc2[nH]c3nc(N/N=C/c4ccc(O)cc4)nnc3c2c1. The van der Waals surface area contributed by atoms with E-state index < -0.39 is 0 Å². The van der Waals surface area contributed by atoms with Crippen LogP contribution in [0, 0.1) is 6.92 Å². The minimum absolute atomic E-state index is 0.215. The molecule has 0 spiro atoms. The first kappa shape index (κ1) is 14.1. The molecule has 4 rings (SSSR count). The molecule has 118 valence electrons. The molecule has 0 unspecified atom stereocenters. The smallest absolute Gasteiger partial charge is 0.265 e. The number of nitrogens with one attached hydrogen (secondary N) is 2. The number of nitrogens with zero attached hydrogens (tertiary/aromatic N) is 4. The zero-order valence-electron chi connectivity index (χ0n) is 12.9. The Bertz CT molecular complexity index is 1050. The van der Waals surface area contributed by atoms with Crippen LogP contribution in [0.1, 0.15) is 11.1 Å². The summed E-state index contributed by atoms with van der Waals surface area (Å²) in [5, 5.41) is 22.6. The van der Waals surface area contributed by atoms with Gasteiger partial charge in [-0.1, -0.05) is 11.6 Å². The lowest BCUT2D eigenvalue weighted by Gasteiger charge is -1.97. The Labute approximate surface area is 137 Å². The van der Waals surface area contributed by atoms with Gasteiger partial charge in [0.05, 0.1) is 6.21 Å². The fourth-order valence-electron chi connectivity index (χ4n) is 2.46. The first-order valence-electron chi connectivity index (χ1n) is 7.40. The van der Waals surface area contributed by atoms with E-state index in [1.54, 1.807) is 30.5 Å². The van der Waals surface area contributed by atoms with Crippen LogP contribution in [0.3, 0.4) is 0 Å². The fourth-order valence-corrected chi connectivity index (χ4v) is 2.46. The van der Waals surface area contributed by atoms with Crippen molar-refractivity contribution in [2.75, 3.05) is 5.43 Å². The highest BCUT2D eigenvalue weighted by molar-refractivity contribution is 6.03. The van der Waals surface area contributed by atoms with Gasteiger partial charge < -0.3 is 10.1 Å². The second-order valence-corrected chi connectivity index (χ2v) is 5.47. The topological polar surface area (TPSA) is 99.1 Å². The van der Waals surface area contributed by atoms with Crippen molar-refractivity contribution in [1.82, 2.24) is 20.2 Å². The molecule has 2 aromatic heterocycles. The first-order chi connectivity index (χ1) is 11.7. The third-order valence-electron chi connectivity index (χ3n) is 3.64. The number of H-pyrrole nitrogens is 1. The summed E-state index contributed by atoms with van der Waals surface area (Å²) < 4.78 is 0. The van der Waals surface area contributed by atoms with Crippen molar-refractivity contribution in [1.29, 1.82) is 0 Å². The molecule has 0 aliphatic carbocycles. The van der Waals surface area contributed by atoms with Gasteiger partial charge in [0, 0.05) is 10.9 Å². The molecule has 0 radical (unpaired) electrons. The molecule has 24 heavy (non-hydrogen) atoms. The Kier molecular flexibility index (Phi) is 3.31. The van der Waals surface area contributed by atoms with Crippen molar-refractivity contribution < 1.29 is 5.11 Å². The number of phenolic OH excluding ortho intramolecular Hbond substituents is 1. The number of aromatic nitrogens is 4. The lowest BCUT2D eigenvalue weighted by Crippen LogP contribution is -1.98. The minimum atomic E-state index is 0.215. The molecule has 2 heterocycles. The average molecular weight is 318 g/mol. The second-order valence-electron chi connectivity index (χ2n) is 5.47. The van der Waals surface area contributed by atoms with Crippen molar-refractivity contribution in [2.45, 2.75) is 6.92 Å². The van der Waals surface area contributed by atoms with Gasteiger partial charge in [0.15, 0.2) is 5.65 Å². The maximum atomic E-state index is 9.25. The van der Waals surface area contributed by atoms with E-state index >= 15 is 0 Å². The van der Waals surface area contributed by atoms with Crippen LogP contribution in [-0.2, 0) is 0 Å². The highest BCUT2D eigenvalue weighted by Crippen LogP contribution is 2.23. The maximum Gasteiger partial charge on any atom is 0.265 e. The third-order valence-corrected chi connectivity index (χ3v) is 3.64. The lowest BCUT2D eigenvalue weighted by molar-refractivity contribution is 0.475. The molecule has 0 fully saturated rings. The Morgan fingerprint density at radius 2 is 1.96 bits per heavy atom. The molecule has 4 aromatic rings. The fraction of sp³-hybridized carbons (Fsp3) is 0.0588. The van der Waals surface area contributed by atoms with E-state index in [4.69, 9.17) is 0 Å². The minimum Gasteiger partial charge on any atom is -0.508 e. The van der Waals surface area contributed by atoms with Crippen molar-refractivity contribution in [3.05, 3.63) is 53.6 Å². The number of phenols is 1. The molecule has 0 saturated heterocycles. The molecule has 7 heteroatoms. The number of hydrazone groups is 1. The maximum absolute atomic E-state index is 9.25. The molecule has 2 aromatic carbocycles. The van der Waals surface area contributed by atoms with E-state index in [0.717, 1.165) is 27.5 Å². The van der Waals surface area contributed by atoms with Crippen LogP contribution >= 0.6 is 0 Å². The van der Waals surface area contributed by atoms with E-state index in [1.165, 1.54) is 0 Å². The van der Waals surface area contributed by atoms with Crippen molar-refractivity contribution >= 4 is 34.2 Å². The highest BCUT2D eigenvalue weighted by Gasteiger charge is 2.08. The van der Waals surface area contributed by atoms with E-state index in [2.05, 4.69) is 36.8 Å². The van der Waals surface area contributed by atoms with Gasteiger partial charge in [-0.05, 0) is 48.9 Å². The first-order valence-corrected chi connectivity index (χ1v) is 7.40. The summed E-state index contributed by atoms with van der Waals surface area (Å²) in [4.78, 5) is 7.62. The predicted molar refractivity (Wildman–Crippen MR) is 93.3 cm³/mol. The van der Waals surface area contributed by atoms with Gasteiger partial charge in [-0.25, -0.2) is 5.43 Å². The van der Waals surface area contributed by atoms with E-state index in [9.17, 15) is 5.11 Å². The number of anilines is 1. The van der Waals surface area contributed by atoms with Gasteiger partial charge in [-0.2, -0.15) is 10.1 Å². The molecule has 0 aliphatic heterocycles. The van der Waals surface area contributed by atoms with E-state index in [0.29, 0.717) is 11.6 Å². The monoisotopic (exact) mass is 318 g/mol. The Hall–Kier alpha value is -3.48. The van der Waals surface area contributed by atoms with Gasteiger partial charge >= 0.3 is 0 Å². The predicted octanol–water partition coefficient (Wildman–Crippen LogP) is 2.97. The lowest BCUT2D eigenvalue weighted by atomic mass is 10.2. The molecule has 0 bridgehead atoms. The quantitative estimate of drug-likeness (QED) is 0.398. The van der Waals surface area contributed by atoms with Crippen LogP contribution < -0.4 is 5.43 Å². The molecule has 0 amide bonds. The molecule has 7 nitrogen and oxygen atoms in total. The summed E-state index contributed by atoms with van der Waals surface area (Å²) in [7, 11) is 0. The van der Waals surface area contributed by atoms with Crippen molar-refractivity contribution in [2.24, 2.45) is 5.10 Å². The number of aromatic hydroxyl groups is 1. The second kappa shape index (κ2) is 5.62. The van der Waals surface area contributed by atoms with Gasteiger partial charge in [0.1, 0.15) is 11.3 Å². The highest BCUT2D eigenvalue weighted by atomic mass is 16.3. The molecule has 0 saturated carbocycles. The zero-order valence-corrected chi connectivity index (χ0v) is 12.9. The van der Waals surface area contributed by atoms with E-state index in [1.807, 2.05) is 19.1 Å². The standard InChI is InChI=1S/C17H14N6O/c1-10-2-7-14-13(8-10)15-16(19-14)20-17(23-21-15)22-18-9-11-3-5-12(24)6-4-11/h2-9,24H,1H3,(H2,19,20,22,23)/b18-9+. The molecular formula is C17H14N6O. The van der Waals surface area contributed by atoms with Crippen LogP contribution in [0.25, 0.3) is 22.1 Å². The normalized spacial score (nSPS) is 11.5. The van der Waals surface area contributed by atoms with Crippen molar-refractivity contribution in [3.63, 3.8) is 0 Å². The van der Waals surface area contributed by atoms with E-state index in [-0.39, 0.29) is 5.75 Å². The summed E-state index contributed by atoms with van der Waals surface area (Å²) in [6.07, 6.45) is 1.61. The number of aromatic amines is 1. The molecule has 0 aliphatic rings. The van der Waals surface area contributed by atoms with Gasteiger partial charge in [-0.15, -0.1) is 10.2 Å². The Balaban J connectivity index is 1.60. The number of benzene rings is 2. The summed E-state index contributed by atoms with van der Waals surface area (Å²) in [5.74, 6) is 0.521. The molecule has 0 atom stereocenters. The molecule has 3 N–H and O–H groups in total. The molecular weight excluding hydrogens is 304 g/mol. The average Bonchev–Trinajstić information content (AvgIpc) is 2.94. The van der Waals surface area contributed by atoms with Crippen LogP contribution in [0.15, 0.2) is 47.6 Å². The Morgan fingerprint density at radius 3 is 2.79 bits per heavy atom. The number of rotatable bonds is 3. The van der Waals surface area contributed by atoms with Crippen LogP contribution in [0.5, 0.6) is 5.75 Å². The number of fused-ring (bicyclic) bond motifs is 3. The summed E-state index contributed by atoms with van der Waals surface area (Å²) >= 11 is 0. The van der Waals surface area contributed by atoms with Crippen molar-refractivity contribution in [3.8, 4) is 5.75 Å². The number of hydrogen-bond acceptors (Lipinski definition) is 6. The third kappa shape index (κ3) is 2.63. The number of aryl methyl sites for hydroxylation is 1. The van der Waals surface area contributed by atoms with Gasteiger partial charge in [0.2, 0.25) is 0 Å². The summed E-state index contributed by atoms with van der Waals surface area (Å²) in [6.45, 7) is 2.03. The van der Waals surface area contributed by atoms with Crippen LogP contribution in [0.2, 0.25) is 0 Å². The van der Waals surface area contributed by atoms with Gasteiger partial charge in [-0.3, -0.25) is 0 Å². The van der Waals surface area contributed by atoms with Gasteiger partial charge in [0.25, 0.3) is 5.95 Å². The van der Waals surface area contributed by atoms with Crippen LogP contribution in [-0.4, -0.2) is 31.5 Å².